The fourth-order valence-electron chi connectivity index (χ4n) is 3.54. The van der Waals surface area contributed by atoms with E-state index in [1.807, 2.05) is 11.3 Å². The zero-order chi connectivity index (χ0) is 13.8. The maximum Gasteiger partial charge on any atom is 0.406 e. The van der Waals surface area contributed by atoms with Crippen LogP contribution in [0.25, 0.3) is 16.3 Å². The molecule has 0 bridgehead atoms. The zero-order valence-electron chi connectivity index (χ0n) is 11.7. The molecule has 0 saturated carbocycles. The van der Waals surface area contributed by atoms with Crippen LogP contribution in [0.1, 0.15) is 34.7 Å². The molecule has 0 spiro atoms. The molecule has 2 aromatic heterocycles. The second-order valence-electron chi connectivity index (χ2n) is 5.88. The summed E-state index contributed by atoms with van der Waals surface area (Å²) >= 11 is 1.86. The van der Waals surface area contributed by atoms with E-state index in [0.717, 1.165) is 18.0 Å². The van der Waals surface area contributed by atoms with Gasteiger partial charge in [0.05, 0.1) is 11.1 Å². The van der Waals surface area contributed by atoms with Crippen LogP contribution in [0.3, 0.4) is 0 Å². The fourth-order valence-corrected chi connectivity index (χ4v) is 4.68. The van der Waals surface area contributed by atoms with Gasteiger partial charge >= 0.3 is 5.13 Å². The van der Waals surface area contributed by atoms with Crippen LogP contribution in [0.15, 0.2) is 30.5 Å². The minimum Gasteiger partial charge on any atom is -0.229 e. The van der Waals surface area contributed by atoms with Gasteiger partial charge in [-0.1, -0.05) is 24.3 Å². The van der Waals surface area contributed by atoms with Crippen LogP contribution in [0.5, 0.6) is 0 Å². The van der Waals surface area contributed by atoms with Crippen molar-refractivity contribution < 1.29 is 4.68 Å². The molecule has 2 aliphatic carbocycles. The first-order chi connectivity index (χ1) is 10.4. The summed E-state index contributed by atoms with van der Waals surface area (Å²) in [6, 6.07) is 8.69. The molecule has 2 heterocycles. The van der Waals surface area contributed by atoms with Gasteiger partial charge in [-0.15, -0.1) is 4.68 Å². The monoisotopic (exact) mass is 294 g/mol. The van der Waals surface area contributed by atoms with E-state index in [9.17, 15) is 0 Å². The number of nitrogens with one attached hydrogen (secondary N) is 1. The van der Waals surface area contributed by atoms with Crippen LogP contribution < -0.4 is 4.68 Å². The van der Waals surface area contributed by atoms with Crippen LogP contribution in [0.2, 0.25) is 0 Å². The SMILES string of the molecule is c1ccc2c(c1)Cc1c-2c[nH][n+]1-c1nc2c(s1)CCCC2. The Morgan fingerprint density at radius 3 is 2.95 bits per heavy atom. The molecule has 1 aromatic carbocycles. The Labute approximate surface area is 127 Å². The molecule has 0 radical (unpaired) electrons. The minimum absolute atomic E-state index is 0.999. The van der Waals surface area contributed by atoms with Crippen molar-refractivity contribution in [2.75, 3.05) is 0 Å². The summed E-state index contributed by atoms with van der Waals surface area (Å²) in [5, 5.41) is 4.51. The maximum atomic E-state index is 4.88. The molecular formula is C17H16N3S+. The quantitative estimate of drug-likeness (QED) is 0.537. The molecule has 0 saturated heterocycles. The van der Waals surface area contributed by atoms with Crippen LogP contribution >= 0.6 is 11.3 Å². The average molecular weight is 294 g/mol. The minimum atomic E-state index is 0.999. The van der Waals surface area contributed by atoms with Crippen LogP contribution in [0, 0.1) is 0 Å². The summed E-state index contributed by atoms with van der Waals surface area (Å²) in [5.41, 5.74) is 6.80. The van der Waals surface area contributed by atoms with E-state index in [0.29, 0.717) is 0 Å². The number of hydrogen-bond donors (Lipinski definition) is 1. The first kappa shape index (κ1) is 11.7. The molecule has 2 aliphatic rings. The van der Waals surface area contributed by atoms with Gasteiger partial charge in [0.15, 0.2) is 5.69 Å². The normalized spacial score (nSPS) is 15.6. The lowest BCUT2D eigenvalue weighted by atomic mass is 10.0. The lowest BCUT2D eigenvalue weighted by Crippen LogP contribution is -2.36. The highest BCUT2D eigenvalue weighted by Gasteiger charge is 2.31. The van der Waals surface area contributed by atoms with E-state index in [1.54, 1.807) is 0 Å². The fraction of sp³-hybridized carbons (Fsp3) is 0.294. The van der Waals surface area contributed by atoms with Crippen LogP contribution in [0.4, 0.5) is 0 Å². The van der Waals surface area contributed by atoms with Crippen LogP contribution in [-0.4, -0.2) is 10.1 Å². The van der Waals surface area contributed by atoms with Gasteiger partial charge in [0, 0.05) is 18.4 Å². The molecule has 1 N–H and O–H groups in total. The molecular weight excluding hydrogens is 278 g/mol. The highest BCUT2D eigenvalue weighted by Crippen LogP contribution is 2.35. The molecule has 3 aromatic rings. The highest BCUT2D eigenvalue weighted by atomic mass is 32.1. The Balaban J connectivity index is 1.63. The predicted molar refractivity (Wildman–Crippen MR) is 82.9 cm³/mol. The standard InChI is InChI=1S/C17H15N3S/c1-2-6-12-11(5-1)9-15-13(12)10-18-20(15)17-19-14-7-3-4-8-16(14)21-17/h1-2,5-6,10H,3-4,7-9H2/p+1. The predicted octanol–water partition coefficient (Wildman–Crippen LogP) is 3.20. The molecule has 0 atom stereocenters. The molecule has 0 aliphatic heterocycles. The summed E-state index contributed by atoms with van der Waals surface area (Å²) in [6.45, 7) is 0. The van der Waals surface area contributed by atoms with Crippen molar-refractivity contribution in [1.82, 2.24) is 10.1 Å². The highest BCUT2D eigenvalue weighted by molar-refractivity contribution is 7.13. The first-order valence-corrected chi connectivity index (χ1v) is 8.41. The second-order valence-corrected chi connectivity index (χ2v) is 6.94. The lowest BCUT2D eigenvalue weighted by molar-refractivity contribution is -0.661. The number of benzene rings is 1. The van der Waals surface area contributed by atoms with Gasteiger partial charge < -0.3 is 0 Å². The number of aromatic amines is 1. The molecule has 21 heavy (non-hydrogen) atoms. The number of hydrogen-bond acceptors (Lipinski definition) is 2. The van der Waals surface area contributed by atoms with E-state index < -0.39 is 0 Å². The Morgan fingerprint density at radius 2 is 2.00 bits per heavy atom. The molecule has 5 rings (SSSR count). The number of aryl methyl sites for hydroxylation is 2. The van der Waals surface area contributed by atoms with E-state index >= 15 is 0 Å². The van der Waals surface area contributed by atoms with Gasteiger partial charge in [0.1, 0.15) is 5.69 Å². The number of rotatable bonds is 1. The Kier molecular flexibility index (Phi) is 2.38. The Hall–Kier alpha value is -1.94. The van der Waals surface area contributed by atoms with Crippen molar-refractivity contribution in [2.24, 2.45) is 0 Å². The van der Waals surface area contributed by atoms with E-state index in [1.165, 1.54) is 52.2 Å². The van der Waals surface area contributed by atoms with Gasteiger partial charge in [-0.3, -0.25) is 0 Å². The number of aromatic nitrogens is 3. The van der Waals surface area contributed by atoms with Gasteiger partial charge in [-0.2, -0.15) is 0 Å². The molecule has 3 nitrogen and oxygen atoms in total. The van der Waals surface area contributed by atoms with E-state index in [-0.39, 0.29) is 0 Å². The third-order valence-corrected chi connectivity index (χ3v) is 5.75. The van der Waals surface area contributed by atoms with Crippen molar-refractivity contribution >= 4 is 11.3 Å². The lowest BCUT2D eigenvalue weighted by Gasteiger charge is -2.03. The van der Waals surface area contributed by atoms with E-state index in [2.05, 4.69) is 40.2 Å². The average Bonchev–Trinajstić information content (AvgIpc) is 3.19. The van der Waals surface area contributed by atoms with Gasteiger partial charge in [0.2, 0.25) is 0 Å². The summed E-state index contributed by atoms with van der Waals surface area (Å²) in [5.74, 6) is 0. The number of fused-ring (bicyclic) bond motifs is 4. The van der Waals surface area contributed by atoms with Crippen molar-refractivity contribution in [3.05, 3.63) is 52.3 Å². The Bertz CT molecular complexity index is 820. The molecule has 0 amide bonds. The smallest absolute Gasteiger partial charge is 0.229 e. The number of nitrogens with zero attached hydrogens (tertiary/aromatic N) is 2. The van der Waals surface area contributed by atoms with Crippen molar-refractivity contribution in [3.63, 3.8) is 0 Å². The van der Waals surface area contributed by atoms with Gasteiger partial charge in [-0.25, -0.2) is 5.10 Å². The largest absolute Gasteiger partial charge is 0.406 e. The number of thiazole rings is 1. The van der Waals surface area contributed by atoms with Crippen molar-refractivity contribution in [3.8, 4) is 16.3 Å². The summed E-state index contributed by atoms with van der Waals surface area (Å²) in [6.07, 6.45) is 8.08. The molecule has 4 heteroatoms. The maximum absolute atomic E-state index is 4.88. The molecule has 104 valence electrons. The third kappa shape index (κ3) is 1.65. The first-order valence-electron chi connectivity index (χ1n) is 7.60. The second kappa shape index (κ2) is 4.28. The Morgan fingerprint density at radius 1 is 1.10 bits per heavy atom. The van der Waals surface area contributed by atoms with Gasteiger partial charge in [-0.05, 0) is 46.7 Å². The zero-order valence-corrected chi connectivity index (χ0v) is 12.5. The molecule has 0 unspecified atom stereocenters. The summed E-state index contributed by atoms with van der Waals surface area (Å²) < 4.78 is 2.19. The van der Waals surface area contributed by atoms with Crippen molar-refractivity contribution in [1.29, 1.82) is 0 Å². The topological polar surface area (TPSA) is 32.6 Å². The summed E-state index contributed by atoms with van der Waals surface area (Å²) in [4.78, 5) is 6.37. The number of H-pyrrole nitrogens is 1. The van der Waals surface area contributed by atoms with Crippen molar-refractivity contribution in [2.45, 2.75) is 32.1 Å². The van der Waals surface area contributed by atoms with Gasteiger partial charge in [0.25, 0.3) is 0 Å². The summed E-state index contributed by atoms with van der Waals surface area (Å²) in [7, 11) is 0. The van der Waals surface area contributed by atoms with E-state index in [4.69, 9.17) is 4.98 Å². The molecule has 0 fully saturated rings. The third-order valence-electron chi connectivity index (χ3n) is 4.61. The van der Waals surface area contributed by atoms with Crippen LogP contribution in [-0.2, 0) is 19.3 Å².